The summed E-state index contributed by atoms with van der Waals surface area (Å²) in [7, 11) is 0. The third-order valence-corrected chi connectivity index (χ3v) is 5.92. The molecule has 24 heavy (non-hydrogen) atoms. The lowest BCUT2D eigenvalue weighted by Gasteiger charge is -2.46. The standard InChI is InChI=1S/2C7H14N2.C2H2O4/c2*1-6-4-9-7(6)2-3-8-5-7;3-5-1-2-6-4/h2*6,8-9H,2-5H2,1H3;3-4H/t2*6-,7-;/m00./s1. The van der Waals surface area contributed by atoms with Crippen LogP contribution in [0, 0.1) is 24.0 Å². The number of hydrogen-bond acceptors (Lipinski definition) is 8. The molecular weight excluding hydrogens is 312 g/mol. The molecule has 2 spiro atoms. The number of rotatable bonds is 0. The highest BCUT2D eigenvalue weighted by molar-refractivity contribution is 5.07. The molecule has 0 amide bonds. The quantitative estimate of drug-likeness (QED) is 0.204. The molecule has 8 heteroatoms. The molecule has 4 aliphatic heterocycles. The lowest BCUT2D eigenvalue weighted by atomic mass is 9.77. The lowest BCUT2D eigenvalue weighted by molar-refractivity contribution is -0.188. The van der Waals surface area contributed by atoms with Gasteiger partial charge in [0.1, 0.15) is 0 Å². The van der Waals surface area contributed by atoms with Gasteiger partial charge in [0.2, 0.25) is 12.2 Å². The zero-order valence-electron chi connectivity index (χ0n) is 14.5. The second-order valence-corrected chi connectivity index (χ2v) is 7.12. The second kappa shape index (κ2) is 8.85. The average Bonchev–Trinajstić information content (AvgIpc) is 3.30. The molecule has 0 aromatic rings. The molecular formula is C16H30N4O4. The van der Waals surface area contributed by atoms with Crippen molar-refractivity contribution >= 4 is 0 Å². The summed E-state index contributed by atoms with van der Waals surface area (Å²) in [4.78, 5) is 6.27. The van der Waals surface area contributed by atoms with Crippen LogP contribution in [0.4, 0.5) is 0 Å². The Morgan fingerprint density at radius 3 is 1.38 bits per heavy atom. The molecule has 138 valence electrons. The molecule has 4 heterocycles. The molecule has 4 rings (SSSR count). The maximum atomic E-state index is 7.33. The maximum absolute atomic E-state index is 7.33. The highest BCUT2D eigenvalue weighted by Crippen LogP contribution is 2.31. The van der Waals surface area contributed by atoms with Gasteiger partial charge in [-0.3, -0.25) is 9.78 Å². The van der Waals surface area contributed by atoms with Gasteiger partial charge in [-0.25, -0.2) is 0 Å². The highest BCUT2D eigenvalue weighted by Gasteiger charge is 2.45. The molecule has 0 unspecified atom stereocenters. The first-order chi connectivity index (χ1) is 11.6. The summed E-state index contributed by atoms with van der Waals surface area (Å²) in [6.45, 7) is 11.9. The summed E-state index contributed by atoms with van der Waals surface area (Å²) in [5.41, 5.74) is 1.03. The number of nitrogens with one attached hydrogen (secondary N) is 4. The zero-order valence-corrected chi connectivity index (χ0v) is 14.5. The van der Waals surface area contributed by atoms with E-state index in [0.717, 1.165) is 11.8 Å². The van der Waals surface area contributed by atoms with Crippen LogP contribution in [0.2, 0.25) is 0 Å². The van der Waals surface area contributed by atoms with E-state index in [2.05, 4.69) is 44.9 Å². The Morgan fingerprint density at radius 1 is 0.833 bits per heavy atom. The molecule has 0 radical (unpaired) electrons. The van der Waals surface area contributed by atoms with Crippen molar-refractivity contribution in [3.63, 3.8) is 0 Å². The first-order valence-electron chi connectivity index (χ1n) is 8.61. The van der Waals surface area contributed by atoms with E-state index in [9.17, 15) is 0 Å². The molecule has 0 aliphatic carbocycles. The van der Waals surface area contributed by atoms with Crippen LogP contribution in [0.15, 0.2) is 0 Å². The Balaban J connectivity index is 0.000000134. The summed E-state index contributed by atoms with van der Waals surface area (Å²) < 4.78 is 0. The van der Waals surface area contributed by atoms with Gasteiger partial charge in [0.15, 0.2) is 0 Å². The minimum Gasteiger partial charge on any atom is -0.315 e. The predicted octanol–water partition coefficient (Wildman–Crippen LogP) is -0.200. The van der Waals surface area contributed by atoms with E-state index in [0.29, 0.717) is 11.1 Å². The van der Waals surface area contributed by atoms with Gasteiger partial charge in [0.25, 0.3) is 0 Å². The molecule has 4 saturated heterocycles. The first-order valence-corrected chi connectivity index (χ1v) is 8.61. The van der Waals surface area contributed by atoms with Crippen LogP contribution in [0.25, 0.3) is 0 Å². The van der Waals surface area contributed by atoms with E-state index in [-0.39, 0.29) is 0 Å². The molecule has 6 N–H and O–H groups in total. The van der Waals surface area contributed by atoms with Crippen molar-refractivity contribution in [1.29, 1.82) is 0 Å². The minimum atomic E-state index is 0.514. The minimum absolute atomic E-state index is 0.514. The van der Waals surface area contributed by atoms with Crippen LogP contribution in [0.5, 0.6) is 0 Å². The van der Waals surface area contributed by atoms with Crippen molar-refractivity contribution < 1.29 is 20.3 Å². The zero-order chi connectivity index (χ0) is 17.5. The Kier molecular flexibility index (Phi) is 7.10. The summed E-state index contributed by atoms with van der Waals surface area (Å²) in [5.74, 6) is 1.79. The van der Waals surface area contributed by atoms with Gasteiger partial charge in [-0.1, -0.05) is 13.8 Å². The largest absolute Gasteiger partial charge is 0.315 e. The Hall–Kier alpha value is -1.08. The van der Waals surface area contributed by atoms with Crippen molar-refractivity contribution in [2.24, 2.45) is 11.8 Å². The average molecular weight is 342 g/mol. The van der Waals surface area contributed by atoms with Gasteiger partial charge >= 0.3 is 0 Å². The molecule has 8 nitrogen and oxygen atoms in total. The Morgan fingerprint density at radius 2 is 1.25 bits per heavy atom. The monoisotopic (exact) mass is 342 g/mol. The van der Waals surface area contributed by atoms with E-state index in [1.165, 1.54) is 64.3 Å². The maximum Gasteiger partial charge on any atom is 0.204 e. The van der Waals surface area contributed by atoms with Crippen LogP contribution in [-0.2, 0) is 9.78 Å². The van der Waals surface area contributed by atoms with E-state index in [1.807, 2.05) is 0 Å². The number of hydrogen-bond donors (Lipinski definition) is 6. The topological polar surface area (TPSA) is 107 Å². The van der Waals surface area contributed by atoms with Crippen molar-refractivity contribution in [2.45, 2.75) is 37.8 Å². The molecule has 4 aliphatic rings. The highest BCUT2D eigenvalue weighted by atomic mass is 17.1. The predicted molar refractivity (Wildman–Crippen MR) is 90.0 cm³/mol. The normalized spacial score (nSPS) is 38.5. The second-order valence-electron chi connectivity index (χ2n) is 7.12. The lowest BCUT2D eigenvalue weighted by Crippen LogP contribution is -2.65. The van der Waals surface area contributed by atoms with Crippen LogP contribution < -0.4 is 21.3 Å². The van der Waals surface area contributed by atoms with E-state index in [4.69, 9.17) is 10.5 Å². The summed E-state index contributed by atoms with van der Waals surface area (Å²) in [5, 5.41) is 28.4. The van der Waals surface area contributed by atoms with Crippen LogP contribution in [0.3, 0.4) is 0 Å². The van der Waals surface area contributed by atoms with Gasteiger partial charge in [-0.15, -0.1) is 0 Å². The first kappa shape index (κ1) is 19.2. The Bertz CT molecular complexity index is 401. The smallest absolute Gasteiger partial charge is 0.204 e. The third-order valence-electron chi connectivity index (χ3n) is 5.92. The molecule has 4 atom stereocenters. The molecule has 0 aromatic heterocycles. The molecule has 4 fully saturated rings. The van der Waals surface area contributed by atoms with E-state index in [1.54, 1.807) is 0 Å². The van der Waals surface area contributed by atoms with Gasteiger partial charge in [0, 0.05) is 37.3 Å². The summed E-state index contributed by atoms with van der Waals surface area (Å²) in [6.07, 6.45) is 5.72. The van der Waals surface area contributed by atoms with E-state index < -0.39 is 0 Å². The third kappa shape index (κ3) is 4.30. The summed E-state index contributed by atoms with van der Waals surface area (Å²) >= 11 is 0. The summed E-state index contributed by atoms with van der Waals surface area (Å²) in [6, 6.07) is 0. The fourth-order valence-corrected chi connectivity index (χ4v) is 3.79. The van der Waals surface area contributed by atoms with Crippen molar-refractivity contribution in [3.05, 3.63) is 0 Å². The van der Waals surface area contributed by atoms with E-state index >= 15 is 0 Å². The van der Waals surface area contributed by atoms with Crippen LogP contribution in [0.1, 0.15) is 26.7 Å². The van der Waals surface area contributed by atoms with Crippen LogP contribution in [-0.4, -0.2) is 60.9 Å². The molecule has 0 bridgehead atoms. The van der Waals surface area contributed by atoms with Crippen molar-refractivity contribution in [1.82, 2.24) is 21.3 Å². The fraction of sp³-hybridized carbons (Fsp3) is 0.875. The van der Waals surface area contributed by atoms with Gasteiger partial charge in [-0.05, 0) is 37.8 Å². The Labute approximate surface area is 143 Å². The fourth-order valence-electron chi connectivity index (χ4n) is 3.79. The van der Waals surface area contributed by atoms with Gasteiger partial charge < -0.3 is 21.3 Å². The molecule has 0 aromatic carbocycles. The van der Waals surface area contributed by atoms with Crippen LogP contribution >= 0.6 is 0 Å². The van der Waals surface area contributed by atoms with Crippen molar-refractivity contribution in [3.8, 4) is 12.2 Å². The van der Waals surface area contributed by atoms with Gasteiger partial charge in [-0.2, -0.15) is 10.5 Å². The molecule has 0 saturated carbocycles. The van der Waals surface area contributed by atoms with Gasteiger partial charge in [0.05, 0.1) is 0 Å². The van der Waals surface area contributed by atoms with Crippen molar-refractivity contribution in [2.75, 3.05) is 39.3 Å². The SMILES string of the molecule is C[C@H]1CN[C@]12CCNC2.C[C@H]1CN[C@]12CCNC2.OOC#COO.